The van der Waals surface area contributed by atoms with Crippen LogP contribution in [0.2, 0.25) is 5.02 Å². The SMILES string of the molecule is Cc1ccc([AsH2])c(Cl)c1C. The molecular weight excluding hydrogens is 206 g/mol. The predicted octanol–water partition coefficient (Wildman–Crippen LogP) is 1.22. The number of aryl methyl sites for hydroxylation is 1. The van der Waals surface area contributed by atoms with Crippen LogP contribution in [-0.2, 0) is 0 Å². The minimum absolute atomic E-state index is 0.931. The fraction of sp³-hybridized carbons (Fsp3) is 0.250. The maximum absolute atomic E-state index is 6.00. The number of halogens is 1. The van der Waals surface area contributed by atoms with Crippen molar-refractivity contribution in [2.24, 2.45) is 0 Å². The van der Waals surface area contributed by atoms with Crippen molar-refractivity contribution < 1.29 is 0 Å². The summed E-state index contributed by atoms with van der Waals surface area (Å²) < 4.78 is 1.22. The molecule has 0 saturated heterocycles. The molecule has 10 heavy (non-hydrogen) atoms. The van der Waals surface area contributed by atoms with Gasteiger partial charge in [0.05, 0.1) is 0 Å². The molecule has 0 nitrogen and oxygen atoms in total. The van der Waals surface area contributed by atoms with Crippen LogP contribution in [0, 0.1) is 13.8 Å². The average molecular weight is 217 g/mol. The summed E-state index contributed by atoms with van der Waals surface area (Å²) in [6, 6.07) is 4.18. The Morgan fingerprint density at radius 3 is 2.40 bits per heavy atom. The number of hydrogen-bond acceptors (Lipinski definition) is 0. The Morgan fingerprint density at radius 1 is 1.30 bits per heavy atom. The molecule has 1 atom stereocenters. The van der Waals surface area contributed by atoms with E-state index in [4.69, 9.17) is 11.6 Å². The van der Waals surface area contributed by atoms with Crippen molar-refractivity contribution in [3.63, 3.8) is 0 Å². The molecule has 0 aromatic heterocycles. The van der Waals surface area contributed by atoms with Gasteiger partial charge in [-0.1, -0.05) is 0 Å². The zero-order chi connectivity index (χ0) is 7.72. The van der Waals surface area contributed by atoms with Gasteiger partial charge in [-0.25, -0.2) is 0 Å². The van der Waals surface area contributed by atoms with Crippen LogP contribution < -0.4 is 4.35 Å². The van der Waals surface area contributed by atoms with Crippen LogP contribution in [0.15, 0.2) is 12.1 Å². The molecule has 0 saturated carbocycles. The molecular formula is C8H10AsCl. The molecule has 1 rings (SSSR count). The first kappa shape index (κ1) is 8.17. The Bertz CT molecular complexity index is 229. The first-order valence-corrected chi connectivity index (χ1v) is 4.73. The van der Waals surface area contributed by atoms with Crippen molar-refractivity contribution in [3.05, 3.63) is 28.3 Å². The van der Waals surface area contributed by atoms with Gasteiger partial charge in [-0.3, -0.25) is 0 Å². The van der Waals surface area contributed by atoms with E-state index in [2.05, 4.69) is 26.0 Å². The van der Waals surface area contributed by atoms with E-state index >= 15 is 0 Å². The van der Waals surface area contributed by atoms with Crippen molar-refractivity contribution in [1.29, 1.82) is 0 Å². The van der Waals surface area contributed by atoms with Crippen LogP contribution >= 0.6 is 11.6 Å². The predicted molar refractivity (Wildman–Crippen MR) is 49.1 cm³/mol. The fourth-order valence-electron chi connectivity index (χ4n) is 0.803. The molecule has 1 unspecified atom stereocenters. The van der Waals surface area contributed by atoms with Gasteiger partial charge < -0.3 is 0 Å². The summed E-state index contributed by atoms with van der Waals surface area (Å²) in [4.78, 5) is 0. The van der Waals surface area contributed by atoms with Gasteiger partial charge in [-0.2, -0.15) is 0 Å². The molecule has 1 aromatic rings. The van der Waals surface area contributed by atoms with Crippen LogP contribution in [0.3, 0.4) is 0 Å². The standard InChI is InChI=1S/C8H10AsCl/c1-5-3-4-7(9)8(10)6(5)2/h3-4H,9H2,1-2H3. The van der Waals surface area contributed by atoms with Gasteiger partial charge in [0.1, 0.15) is 0 Å². The number of benzene rings is 1. The number of hydrogen-bond donors (Lipinski definition) is 0. The number of rotatable bonds is 0. The normalized spacial score (nSPS) is 10.0. The van der Waals surface area contributed by atoms with Crippen molar-refractivity contribution in [2.45, 2.75) is 13.8 Å². The van der Waals surface area contributed by atoms with Crippen LogP contribution in [0.25, 0.3) is 0 Å². The third kappa shape index (κ3) is 1.38. The molecule has 0 heterocycles. The third-order valence-electron chi connectivity index (χ3n) is 1.69. The van der Waals surface area contributed by atoms with E-state index in [0.29, 0.717) is 0 Å². The molecule has 0 bridgehead atoms. The topological polar surface area (TPSA) is 0 Å². The minimum atomic E-state index is 0.931. The Kier molecular flexibility index (Phi) is 2.44. The van der Waals surface area contributed by atoms with E-state index < -0.39 is 0 Å². The molecule has 0 fully saturated rings. The van der Waals surface area contributed by atoms with Gasteiger partial charge in [-0.05, 0) is 0 Å². The van der Waals surface area contributed by atoms with Crippen LogP contribution in [0.1, 0.15) is 11.1 Å². The van der Waals surface area contributed by atoms with E-state index in [-0.39, 0.29) is 0 Å². The second kappa shape index (κ2) is 2.98. The summed E-state index contributed by atoms with van der Waals surface area (Å²) in [6.07, 6.45) is 0. The summed E-state index contributed by atoms with van der Waals surface area (Å²) in [5.41, 5.74) is 2.48. The monoisotopic (exact) mass is 216 g/mol. The molecule has 54 valence electrons. The maximum atomic E-state index is 6.00. The molecule has 0 aliphatic heterocycles. The second-order valence-electron chi connectivity index (χ2n) is 2.41. The van der Waals surface area contributed by atoms with Crippen LogP contribution in [-0.4, -0.2) is 16.9 Å². The zero-order valence-corrected chi connectivity index (χ0v) is 9.29. The quantitative estimate of drug-likeness (QED) is 0.572. The second-order valence-corrected chi connectivity index (χ2v) is 4.09. The van der Waals surface area contributed by atoms with Gasteiger partial charge in [0.15, 0.2) is 0 Å². The molecule has 0 N–H and O–H groups in total. The Morgan fingerprint density at radius 2 is 1.90 bits per heavy atom. The molecule has 0 aliphatic carbocycles. The molecule has 0 radical (unpaired) electrons. The van der Waals surface area contributed by atoms with Crippen molar-refractivity contribution in [2.75, 3.05) is 0 Å². The first-order valence-electron chi connectivity index (χ1n) is 3.14. The molecule has 1 aromatic carbocycles. The van der Waals surface area contributed by atoms with E-state index in [1.807, 2.05) is 0 Å². The van der Waals surface area contributed by atoms with E-state index in [9.17, 15) is 0 Å². The van der Waals surface area contributed by atoms with Gasteiger partial charge in [0.2, 0.25) is 0 Å². The van der Waals surface area contributed by atoms with Crippen LogP contribution in [0.4, 0.5) is 0 Å². The summed E-state index contributed by atoms with van der Waals surface area (Å²) in [7, 11) is 0. The molecule has 0 aliphatic rings. The van der Waals surface area contributed by atoms with E-state index in [1.165, 1.54) is 15.5 Å². The molecule has 2 heteroatoms. The fourth-order valence-corrected chi connectivity index (χ4v) is 1.67. The molecule has 0 spiro atoms. The van der Waals surface area contributed by atoms with E-state index in [1.54, 1.807) is 16.9 Å². The molecule has 0 amide bonds. The Balaban J connectivity index is 3.34. The summed E-state index contributed by atoms with van der Waals surface area (Å²) >= 11 is 7.58. The first-order chi connectivity index (χ1) is 4.63. The van der Waals surface area contributed by atoms with Crippen molar-refractivity contribution in [1.82, 2.24) is 0 Å². The Hall–Kier alpha value is 0.0684. The Labute approximate surface area is 75.1 Å². The van der Waals surface area contributed by atoms with Crippen molar-refractivity contribution in [3.8, 4) is 0 Å². The van der Waals surface area contributed by atoms with Crippen LogP contribution in [0.5, 0.6) is 0 Å². The summed E-state index contributed by atoms with van der Waals surface area (Å²) in [5, 5.41) is 0.931. The zero-order valence-electron chi connectivity index (χ0n) is 6.11. The third-order valence-corrected chi connectivity index (χ3v) is 3.58. The van der Waals surface area contributed by atoms with Gasteiger partial charge in [-0.15, -0.1) is 0 Å². The van der Waals surface area contributed by atoms with Gasteiger partial charge in [0, 0.05) is 0 Å². The summed E-state index contributed by atoms with van der Waals surface area (Å²) in [6.45, 7) is 4.13. The average Bonchev–Trinajstić information content (AvgIpc) is 1.93. The van der Waals surface area contributed by atoms with Crippen molar-refractivity contribution >= 4 is 32.8 Å². The van der Waals surface area contributed by atoms with Gasteiger partial charge >= 0.3 is 74.9 Å². The van der Waals surface area contributed by atoms with E-state index in [0.717, 1.165) is 5.02 Å². The van der Waals surface area contributed by atoms with Gasteiger partial charge in [0.25, 0.3) is 0 Å². The summed E-state index contributed by atoms with van der Waals surface area (Å²) in [5.74, 6) is 0.